The summed E-state index contributed by atoms with van der Waals surface area (Å²) >= 11 is 1.27. The first-order valence-electron chi connectivity index (χ1n) is 7.45. The average Bonchev–Trinajstić information content (AvgIpc) is 2.97. The summed E-state index contributed by atoms with van der Waals surface area (Å²) in [5.41, 5.74) is 0.725. The van der Waals surface area contributed by atoms with Crippen molar-refractivity contribution in [1.82, 2.24) is 4.37 Å². The molecule has 0 aliphatic carbocycles. The first-order valence-corrected chi connectivity index (χ1v) is 11.7. The third kappa shape index (κ3) is 3.04. The van der Waals surface area contributed by atoms with Gasteiger partial charge in [0.15, 0.2) is 0 Å². The van der Waals surface area contributed by atoms with E-state index in [4.69, 9.17) is 0 Å². The molecule has 0 radical (unpaired) electrons. The minimum atomic E-state index is -1.61. The number of fused-ring (bicyclic) bond motifs is 1. The van der Waals surface area contributed by atoms with E-state index in [-0.39, 0.29) is 17.1 Å². The molecule has 0 aliphatic rings. The van der Waals surface area contributed by atoms with Gasteiger partial charge in [-0.2, -0.15) is 4.37 Å². The molecular formula is C17H17FN2O2SSi. The Morgan fingerprint density at radius 2 is 2.00 bits per heavy atom. The third-order valence-corrected chi connectivity index (χ3v) is 6.67. The molecule has 0 fully saturated rings. The molecule has 1 aromatic heterocycles. The third-order valence-electron chi connectivity index (χ3n) is 3.86. The van der Waals surface area contributed by atoms with Crippen LogP contribution in [-0.2, 0) is 0 Å². The van der Waals surface area contributed by atoms with E-state index in [1.807, 2.05) is 6.07 Å². The molecule has 124 valence electrons. The van der Waals surface area contributed by atoms with Crippen LogP contribution < -0.4 is 10.5 Å². The molecule has 0 bridgehead atoms. The second kappa shape index (κ2) is 5.99. The van der Waals surface area contributed by atoms with Crippen molar-refractivity contribution >= 4 is 52.2 Å². The van der Waals surface area contributed by atoms with Gasteiger partial charge in [0.25, 0.3) is 0 Å². The highest BCUT2D eigenvalue weighted by Gasteiger charge is 2.20. The monoisotopic (exact) mass is 360 g/mol. The highest BCUT2D eigenvalue weighted by atomic mass is 32.1. The van der Waals surface area contributed by atoms with Crippen molar-refractivity contribution in [3.05, 3.63) is 47.9 Å². The van der Waals surface area contributed by atoms with Gasteiger partial charge in [-0.3, -0.25) is 0 Å². The van der Waals surface area contributed by atoms with Gasteiger partial charge < -0.3 is 10.4 Å². The highest BCUT2D eigenvalue weighted by molar-refractivity contribution is 7.13. The normalized spacial score (nSPS) is 11.7. The molecule has 3 rings (SSSR count). The maximum atomic E-state index is 14.5. The number of aromatic carboxylic acids is 1. The lowest BCUT2D eigenvalue weighted by Gasteiger charge is -2.18. The number of nitrogens with one attached hydrogen (secondary N) is 1. The Labute approximate surface area is 144 Å². The number of hydrogen-bond acceptors (Lipinski definition) is 4. The number of anilines is 2. The second-order valence-electron chi connectivity index (χ2n) is 6.60. The first kappa shape index (κ1) is 16.6. The molecule has 24 heavy (non-hydrogen) atoms. The van der Waals surface area contributed by atoms with Gasteiger partial charge in [0.2, 0.25) is 0 Å². The van der Waals surface area contributed by atoms with Crippen molar-refractivity contribution in [1.29, 1.82) is 0 Å². The number of halogens is 1. The Hall–Kier alpha value is -2.25. The Balaban J connectivity index is 2.08. The average molecular weight is 360 g/mol. The largest absolute Gasteiger partial charge is 0.478 e. The van der Waals surface area contributed by atoms with E-state index >= 15 is 0 Å². The SMILES string of the molecule is C[Si](C)(C)c1ccc(Nc2c(C(=O)O)ccc3sncc23)c(F)c1. The lowest BCUT2D eigenvalue weighted by molar-refractivity contribution is 0.0698. The van der Waals surface area contributed by atoms with Crippen LogP contribution in [0.2, 0.25) is 19.6 Å². The summed E-state index contributed by atoms with van der Waals surface area (Å²) in [7, 11) is -1.61. The van der Waals surface area contributed by atoms with Crippen LogP contribution in [0.1, 0.15) is 10.4 Å². The molecule has 0 aliphatic heterocycles. The molecule has 0 unspecified atom stereocenters. The van der Waals surface area contributed by atoms with Crippen molar-refractivity contribution in [3.63, 3.8) is 0 Å². The van der Waals surface area contributed by atoms with E-state index in [9.17, 15) is 14.3 Å². The molecule has 0 amide bonds. The number of carboxylic acids is 1. The Morgan fingerprint density at radius 3 is 2.62 bits per heavy atom. The smallest absolute Gasteiger partial charge is 0.337 e. The van der Waals surface area contributed by atoms with Crippen LogP contribution >= 0.6 is 11.5 Å². The number of nitrogens with zero attached hydrogens (tertiary/aromatic N) is 1. The second-order valence-corrected chi connectivity index (χ2v) is 12.5. The van der Waals surface area contributed by atoms with Gasteiger partial charge in [0, 0.05) is 5.39 Å². The summed E-state index contributed by atoms with van der Waals surface area (Å²) in [5, 5.41) is 14.1. The minimum absolute atomic E-state index is 0.0939. The number of benzene rings is 2. The van der Waals surface area contributed by atoms with Crippen LogP contribution in [0.15, 0.2) is 36.5 Å². The van der Waals surface area contributed by atoms with Gasteiger partial charge in [-0.1, -0.05) is 30.9 Å². The van der Waals surface area contributed by atoms with Crippen molar-refractivity contribution in [2.24, 2.45) is 0 Å². The zero-order valence-corrected chi connectivity index (χ0v) is 15.4. The van der Waals surface area contributed by atoms with Gasteiger partial charge in [0.1, 0.15) is 5.82 Å². The predicted octanol–water partition coefficient (Wildman–Crippen LogP) is 4.42. The van der Waals surface area contributed by atoms with Crippen molar-refractivity contribution in [3.8, 4) is 0 Å². The molecule has 0 atom stereocenters. The Kier molecular flexibility index (Phi) is 4.14. The number of carbonyl (C=O) groups is 1. The summed E-state index contributed by atoms with van der Waals surface area (Å²) in [6, 6.07) is 8.35. The molecular weight excluding hydrogens is 343 g/mol. The molecule has 0 spiro atoms. The van der Waals surface area contributed by atoms with Gasteiger partial charge in [-0.05, 0) is 35.8 Å². The fourth-order valence-corrected chi connectivity index (χ4v) is 4.27. The lowest BCUT2D eigenvalue weighted by atomic mass is 10.1. The van der Waals surface area contributed by atoms with Gasteiger partial charge >= 0.3 is 5.97 Å². The Bertz CT molecular complexity index is 934. The van der Waals surface area contributed by atoms with E-state index < -0.39 is 14.0 Å². The summed E-state index contributed by atoms with van der Waals surface area (Å²) < 4.78 is 19.5. The van der Waals surface area contributed by atoms with Crippen LogP contribution in [0.25, 0.3) is 10.1 Å². The fraction of sp³-hybridized carbons (Fsp3) is 0.176. The molecule has 2 N–H and O–H groups in total. The predicted molar refractivity (Wildman–Crippen MR) is 99.2 cm³/mol. The van der Waals surface area contributed by atoms with E-state index in [1.54, 1.807) is 24.4 Å². The van der Waals surface area contributed by atoms with Crippen LogP contribution in [0.4, 0.5) is 15.8 Å². The highest BCUT2D eigenvalue weighted by Crippen LogP contribution is 2.33. The lowest BCUT2D eigenvalue weighted by Crippen LogP contribution is -2.37. The molecule has 3 aromatic rings. The fourth-order valence-electron chi connectivity index (χ4n) is 2.47. The molecule has 1 heterocycles. The maximum absolute atomic E-state index is 14.5. The topological polar surface area (TPSA) is 62.2 Å². The van der Waals surface area contributed by atoms with Crippen LogP contribution in [0.3, 0.4) is 0 Å². The summed E-state index contributed by atoms with van der Waals surface area (Å²) in [6.45, 7) is 6.44. The molecule has 7 heteroatoms. The van der Waals surface area contributed by atoms with Gasteiger partial charge in [0.05, 0.1) is 35.9 Å². The number of aromatic nitrogens is 1. The number of carboxylic acid groups (broad SMARTS) is 1. The minimum Gasteiger partial charge on any atom is -0.478 e. The zero-order chi connectivity index (χ0) is 17.5. The van der Waals surface area contributed by atoms with E-state index in [0.717, 1.165) is 9.89 Å². The number of hydrogen-bond donors (Lipinski definition) is 2. The van der Waals surface area contributed by atoms with Crippen LogP contribution in [0, 0.1) is 5.82 Å². The molecule has 4 nitrogen and oxygen atoms in total. The molecule has 2 aromatic carbocycles. The summed E-state index contributed by atoms with van der Waals surface area (Å²) in [5.74, 6) is -1.45. The quantitative estimate of drug-likeness (QED) is 0.676. The summed E-state index contributed by atoms with van der Waals surface area (Å²) in [6.07, 6.45) is 1.60. The summed E-state index contributed by atoms with van der Waals surface area (Å²) in [4.78, 5) is 11.5. The maximum Gasteiger partial charge on any atom is 0.337 e. The van der Waals surface area contributed by atoms with E-state index in [0.29, 0.717) is 11.1 Å². The molecule has 0 saturated carbocycles. The molecule has 0 saturated heterocycles. The van der Waals surface area contributed by atoms with Crippen molar-refractivity contribution in [2.45, 2.75) is 19.6 Å². The van der Waals surface area contributed by atoms with E-state index in [2.05, 4.69) is 29.3 Å². The van der Waals surface area contributed by atoms with Crippen LogP contribution in [0.5, 0.6) is 0 Å². The number of rotatable bonds is 4. The van der Waals surface area contributed by atoms with Gasteiger partial charge in [-0.25, -0.2) is 9.18 Å². The Morgan fingerprint density at radius 1 is 1.25 bits per heavy atom. The zero-order valence-electron chi connectivity index (χ0n) is 13.6. The van der Waals surface area contributed by atoms with Crippen molar-refractivity contribution < 1.29 is 14.3 Å². The first-order chi connectivity index (χ1) is 11.3. The van der Waals surface area contributed by atoms with E-state index in [1.165, 1.54) is 17.6 Å². The van der Waals surface area contributed by atoms with Gasteiger partial charge in [-0.15, -0.1) is 0 Å². The van der Waals surface area contributed by atoms with Crippen molar-refractivity contribution in [2.75, 3.05) is 5.32 Å². The standard InChI is InChI=1S/C17H17FN2O2SSi/c1-24(2,3)10-4-6-14(13(18)8-10)20-16-11(17(21)22)5-7-15-12(16)9-19-23-15/h4-9,20H,1-3H3,(H,21,22). The van der Waals surface area contributed by atoms with Crippen LogP contribution in [-0.4, -0.2) is 23.5 Å².